The normalized spacial score (nSPS) is 24.4. The Balaban J connectivity index is 1.65. The minimum absolute atomic E-state index is 0.684. The molecule has 1 aromatic rings. The van der Waals surface area contributed by atoms with Crippen molar-refractivity contribution in [2.24, 2.45) is 17.6 Å². The fourth-order valence-electron chi connectivity index (χ4n) is 2.68. The van der Waals surface area contributed by atoms with E-state index < -0.39 is 0 Å². The SMILES string of the molecule is Cc1nccn1CCOCC1CCCC1CN. The summed E-state index contributed by atoms with van der Waals surface area (Å²) in [6.07, 6.45) is 7.71. The number of rotatable bonds is 6. The van der Waals surface area contributed by atoms with Gasteiger partial charge in [-0.25, -0.2) is 4.98 Å². The van der Waals surface area contributed by atoms with E-state index in [4.69, 9.17) is 10.5 Å². The van der Waals surface area contributed by atoms with Crippen molar-refractivity contribution in [2.75, 3.05) is 19.8 Å². The van der Waals surface area contributed by atoms with Crippen molar-refractivity contribution in [2.45, 2.75) is 32.7 Å². The second kappa shape index (κ2) is 6.17. The smallest absolute Gasteiger partial charge is 0.105 e. The molecule has 1 aromatic heterocycles. The number of nitrogens with zero attached hydrogens (tertiary/aromatic N) is 2. The molecular formula is C13H23N3O. The van der Waals surface area contributed by atoms with Crippen molar-refractivity contribution in [1.29, 1.82) is 0 Å². The van der Waals surface area contributed by atoms with Gasteiger partial charge in [-0.15, -0.1) is 0 Å². The average Bonchev–Trinajstić information content (AvgIpc) is 2.93. The summed E-state index contributed by atoms with van der Waals surface area (Å²) in [5.74, 6) is 2.42. The molecule has 0 spiro atoms. The lowest BCUT2D eigenvalue weighted by Gasteiger charge is -2.17. The summed E-state index contributed by atoms with van der Waals surface area (Å²) in [5.41, 5.74) is 5.76. The molecule has 0 aliphatic heterocycles. The Bertz CT molecular complexity index is 337. The zero-order chi connectivity index (χ0) is 12.1. The Morgan fingerprint density at radius 3 is 3.00 bits per heavy atom. The molecule has 1 aliphatic carbocycles. The van der Waals surface area contributed by atoms with Crippen molar-refractivity contribution in [3.05, 3.63) is 18.2 Å². The van der Waals surface area contributed by atoms with Gasteiger partial charge in [0.1, 0.15) is 5.82 Å². The quantitative estimate of drug-likeness (QED) is 0.764. The summed E-state index contributed by atoms with van der Waals surface area (Å²) in [6, 6.07) is 0. The second-order valence-corrected chi connectivity index (χ2v) is 4.93. The first-order valence-corrected chi connectivity index (χ1v) is 6.57. The van der Waals surface area contributed by atoms with E-state index in [9.17, 15) is 0 Å². The molecule has 2 atom stereocenters. The molecule has 2 rings (SSSR count). The summed E-state index contributed by atoms with van der Waals surface area (Å²) >= 11 is 0. The van der Waals surface area contributed by atoms with Crippen LogP contribution in [-0.4, -0.2) is 29.3 Å². The van der Waals surface area contributed by atoms with E-state index in [2.05, 4.69) is 9.55 Å². The number of nitrogens with two attached hydrogens (primary N) is 1. The van der Waals surface area contributed by atoms with E-state index in [1.807, 2.05) is 19.3 Å². The zero-order valence-corrected chi connectivity index (χ0v) is 10.6. The number of hydrogen-bond acceptors (Lipinski definition) is 3. The monoisotopic (exact) mass is 237 g/mol. The molecule has 96 valence electrons. The fourth-order valence-corrected chi connectivity index (χ4v) is 2.68. The molecular weight excluding hydrogens is 214 g/mol. The van der Waals surface area contributed by atoms with Crippen molar-refractivity contribution < 1.29 is 4.74 Å². The van der Waals surface area contributed by atoms with Crippen molar-refractivity contribution in [3.63, 3.8) is 0 Å². The third-order valence-electron chi connectivity index (χ3n) is 3.85. The van der Waals surface area contributed by atoms with Crippen molar-refractivity contribution in [3.8, 4) is 0 Å². The van der Waals surface area contributed by atoms with Crippen LogP contribution >= 0.6 is 0 Å². The van der Waals surface area contributed by atoms with Crippen LogP contribution in [0.15, 0.2) is 12.4 Å². The molecule has 1 saturated carbocycles. The molecule has 0 radical (unpaired) electrons. The second-order valence-electron chi connectivity index (χ2n) is 4.93. The molecule has 17 heavy (non-hydrogen) atoms. The lowest BCUT2D eigenvalue weighted by atomic mass is 9.97. The van der Waals surface area contributed by atoms with Crippen LogP contribution < -0.4 is 5.73 Å². The molecule has 2 N–H and O–H groups in total. The van der Waals surface area contributed by atoms with Crippen LogP contribution in [0, 0.1) is 18.8 Å². The predicted octanol–water partition coefficient (Wildman–Crippen LogP) is 1.58. The fraction of sp³-hybridized carbons (Fsp3) is 0.769. The van der Waals surface area contributed by atoms with Gasteiger partial charge in [-0.1, -0.05) is 6.42 Å². The largest absolute Gasteiger partial charge is 0.379 e. The highest BCUT2D eigenvalue weighted by molar-refractivity contribution is 4.88. The van der Waals surface area contributed by atoms with Crippen LogP contribution in [0.5, 0.6) is 0 Å². The number of aromatic nitrogens is 2. The highest BCUT2D eigenvalue weighted by Crippen LogP contribution is 2.30. The number of ether oxygens (including phenoxy) is 1. The lowest BCUT2D eigenvalue weighted by molar-refractivity contribution is 0.0811. The predicted molar refractivity (Wildman–Crippen MR) is 67.7 cm³/mol. The van der Waals surface area contributed by atoms with Gasteiger partial charge in [-0.3, -0.25) is 0 Å². The van der Waals surface area contributed by atoms with Crippen LogP contribution in [-0.2, 0) is 11.3 Å². The topological polar surface area (TPSA) is 53.1 Å². The molecule has 1 fully saturated rings. The van der Waals surface area contributed by atoms with Gasteiger partial charge >= 0.3 is 0 Å². The van der Waals surface area contributed by atoms with E-state index >= 15 is 0 Å². The molecule has 0 saturated heterocycles. The first-order valence-electron chi connectivity index (χ1n) is 6.57. The van der Waals surface area contributed by atoms with E-state index in [1.54, 1.807) is 0 Å². The molecule has 4 nitrogen and oxygen atoms in total. The van der Waals surface area contributed by atoms with Crippen molar-refractivity contribution >= 4 is 0 Å². The number of hydrogen-bond donors (Lipinski definition) is 1. The highest BCUT2D eigenvalue weighted by Gasteiger charge is 2.25. The Morgan fingerprint density at radius 1 is 1.47 bits per heavy atom. The average molecular weight is 237 g/mol. The van der Waals surface area contributed by atoms with Gasteiger partial charge in [-0.2, -0.15) is 0 Å². The van der Waals surface area contributed by atoms with Gasteiger partial charge in [0.2, 0.25) is 0 Å². The molecule has 0 amide bonds. The molecule has 1 heterocycles. The maximum Gasteiger partial charge on any atom is 0.105 e. The summed E-state index contributed by atoms with van der Waals surface area (Å²) < 4.78 is 7.89. The van der Waals surface area contributed by atoms with Crippen molar-refractivity contribution in [1.82, 2.24) is 9.55 Å². The Morgan fingerprint density at radius 2 is 2.29 bits per heavy atom. The maximum atomic E-state index is 5.77. The van der Waals surface area contributed by atoms with Gasteiger partial charge in [0.05, 0.1) is 6.61 Å². The van der Waals surface area contributed by atoms with Gasteiger partial charge in [0, 0.05) is 25.5 Å². The minimum atomic E-state index is 0.684. The number of imidazole rings is 1. The van der Waals surface area contributed by atoms with Gasteiger partial charge in [0.25, 0.3) is 0 Å². The molecule has 0 aromatic carbocycles. The van der Waals surface area contributed by atoms with Gasteiger partial charge < -0.3 is 15.0 Å². The third-order valence-corrected chi connectivity index (χ3v) is 3.85. The van der Waals surface area contributed by atoms with E-state index in [0.29, 0.717) is 11.8 Å². The summed E-state index contributed by atoms with van der Waals surface area (Å²) in [4.78, 5) is 4.19. The molecule has 0 bridgehead atoms. The van der Waals surface area contributed by atoms with Crippen LogP contribution in [0.1, 0.15) is 25.1 Å². The molecule has 2 unspecified atom stereocenters. The first kappa shape index (κ1) is 12.6. The Kier molecular flexibility index (Phi) is 4.57. The number of aryl methyl sites for hydroxylation is 1. The van der Waals surface area contributed by atoms with E-state index in [-0.39, 0.29) is 0 Å². The van der Waals surface area contributed by atoms with Gasteiger partial charge in [-0.05, 0) is 38.1 Å². The zero-order valence-electron chi connectivity index (χ0n) is 10.6. The standard InChI is InChI=1S/C13H23N3O/c1-11-15-5-6-16(11)7-8-17-10-13-4-2-3-12(13)9-14/h5-6,12-13H,2-4,7-10,14H2,1H3. The third kappa shape index (κ3) is 3.30. The first-order chi connectivity index (χ1) is 8.31. The van der Waals surface area contributed by atoms with Crippen LogP contribution in [0.2, 0.25) is 0 Å². The van der Waals surface area contributed by atoms with Crippen LogP contribution in [0.3, 0.4) is 0 Å². The molecule has 1 aliphatic rings. The molecule has 4 heteroatoms. The maximum absolute atomic E-state index is 5.77. The summed E-state index contributed by atoms with van der Waals surface area (Å²) in [7, 11) is 0. The van der Waals surface area contributed by atoms with E-state index in [0.717, 1.165) is 32.1 Å². The van der Waals surface area contributed by atoms with Crippen LogP contribution in [0.4, 0.5) is 0 Å². The van der Waals surface area contributed by atoms with Crippen LogP contribution in [0.25, 0.3) is 0 Å². The van der Waals surface area contributed by atoms with Gasteiger partial charge in [0.15, 0.2) is 0 Å². The minimum Gasteiger partial charge on any atom is -0.379 e. The van der Waals surface area contributed by atoms with E-state index in [1.165, 1.54) is 19.3 Å². The summed E-state index contributed by atoms with van der Waals surface area (Å²) in [5, 5.41) is 0. The Hall–Kier alpha value is -0.870. The Labute approximate surface area is 103 Å². The highest BCUT2D eigenvalue weighted by atomic mass is 16.5. The summed E-state index contributed by atoms with van der Waals surface area (Å²) in [6.45, 7) is 5.36. The lowest BCUT2D eigenvalue weighted by Crippen LogP contribution is -2.23.